The lowest BCUT2D eigenvalue weighted by Crippen LogP contribution is -2.16. The molecule has 0 bridgehead atoms. The predicted molar refractivity (Wildman–Crippen MR) is 35.5 cm³/mol. The first-order valence-corrected chi connectivity index (χ1v) is 2.37. The molecule has 0 saturated heterocycles. The highest BCUT2D eigenvalue weighted by Gasteiger charge is 1.82. The van der Waals surface area contributed by atoms with E-state index in [2.05, 4.69) is 11.6 Å². The summed E-state index contributed by atoms with van der Waals surface area (Å²) in [4.78, 5) is 3.66. The zero-order valence-corrected chi connectivity index (χ0v) is 4.96. The van der Waals surface area contributed by atoms with Gasteiger partial charge in [-0.3, -0.25) is 0 Å². The Balaban J connectivity index is 3.50. The standard InChI is InChI=1S/C5H11N3/c1-4(6)3-8-5(2)7/h3-4H,2,6-7H2,1H3/b8-3-. The molecule has 0 saturated carbocycles. The fourth-order valence-corrected chi connectivity index (χ4v) is 0.213. The van der Waals surface area contributed by atoms with Crippen LogP contribution in [-0.2, 0) is 0 Å². The summed E-state index contributed by atoms with van der Waals surface area (Å²) >= 11 is 0. The van der Waals surface area contributed by atoms with E-state index in [-0.39, 0.29) is 6.04 Å². The van der Waals surface area contributed by atoms with Gasteiger partial charge in [0.05, 0.1) is 0 Å². The van der Waals surface area contributed by atoms with Crippen molar-refractivity contribution in [1.29, 1.82) is 0 Å². The van der Waals surface area contributed by atoms with Gasteiger partial charge in [0.1, 0.15) is 5.82 Å². The van der Waals surface area contributed by atoms with Gasteiger partial charge in [-0.15, -0.1) is 0 Å². The van der Waals surface area contributed by atoms with Gasteiger partial charge in [0, 0.05) is 12.3 Å². The van der Waals surface area contributed by atoms with E-state index in [1.54, 1.807) is 6.21 Å². The molecule has 4 N–H and O–H groups in total. The largest absolute Gasteiger partial charge is 0.384 e. The van der Waals surface area contributed by atoms with Crippen molar-refractivity contribution in [2.75, 3.05) is 0 Å². The zero-order valence-electron chi connectivity index (χ0n) is 4.96. The second kappa shape index (κ2) is 3.21. The number of nitrogens with zero attached hydrogens (tertiary/aromatic N) is 1. The monoisotopic (exact) mass is 113 g/mol. The van der Waals surface area contributed by atoms with Crippen LogP contribution in [0, 0.1) is 0 Å². The van der Waals surface area contributed by atoms with Crippen LogP contribution in [0.25, 0.3) is 0 Å². The number of hydrogen-bond donors (Lipinski definition) is 2. The van der Waals surface area contributed by atoms with Gasteiger partial charge in [-0.05, 0) is 6.92 Å². The third-order valence-electron chi connectivity index (χ3n) is 0.475. The van der Waals surface area contributed by atoms with Crippen LogP contribution in [0.2, 0.25) is 0 Å². The first kappa shape index (κ1) is 7.17. The zero-order chi connectivity index (χ0) is 6.57. The minimum absolute atomic E-state index is 0.0460. The molecule has 46 valence electrons. The summed E-state index contributed by atoms with van der Waals surface area (Å²) in [5, 5.41) is 0. The fourth-order valence-electron chi connectivity index (χ4n) is 0.213. The van der Waals surface area contributed by atoms with Crippen LogP contribution in [-0.4, -0.2) is 12.3 Å². The van der Waals surface area contributed by atoms with Gasteiger partial charge < -0.3 is 11.5 Å². The average Bonchev–Trinajstić information content (AvgIpc) is 1.61. The Morgan fingerprint density at radius 2 is 2.38 bits per heavy atom. The predicted octanol–water partition coefficient (Wildman–Crippen LogP) is -0.166. The molecule has 0 spiro atoms. The summed E-state index contributed by atoms with van der Waals surface area (Å²) in [6.07, 6.45) is 1.54. The highest BCUT2D eigenvalue weighted by atomic mass is 14.9. The average molecular weight is 113 g/mol. The van der Waals surface area contributed by atoms with E-state index in [0.29, 0.717) is 5.82 Å². The number of rotatable bonds is 2. The van der Waals surface area contributed by atoms with Crippen molar-refractivity contribution in [3.8, 4) is 0 Å². The van der Waals surface area contributed by atoms with Crippen molar-refractivity contribution < 1.29 is 0 Å². The second-order valence-electron chi connectivity index (χ2n) is 1.63. The summed E-state index contributed by atoms with van der Waals surface area (Å²) < 4.78 is 0. The quantitative estimate of drug-likeness (QED) is 0.488. The van der Waals surface area contributed by atoms with Crippen LogP contribution in [0.1, 0.15) is 6.92 Å². The Hall–Kier alpha value is -0.830. The topological polar surface area (TPSA) is 64.4 Å². The first-order chi connectivity index (χ1) is 3.63. The van der Waals surface area contributed by atoms with E-state index in [1.165, 1.54) is 0 Å². The first-order valence-electron chi connectivity index (χ1n) is 2.37. The smallest absolute Gasteiger partial charge is 0.115 e. The molecule has 0 aromatic heterocycles. The van der Waals surface area contributed by atoms with Gasteiger partial charge in [-0.25, -0.2) is 4.99 Å². The molecule has 0 aliphatic carbocycles. The van der Waals surface area contributed by atoms with Crippen LogP contribution in [0.3, 0.4) is 0 Å². The molecule has 0 heterocycles. The van der Waals surface area contributed by atoms with E-state index in [1.807, 2.05) is 6.92 Å². The molecule has 1 unspecified atom stereocenters. The van der Waals surface area contributed by atoms with Gasteiger partial charge in [0.2, 0.25) is 0 Å². The lowest BCUT2D eigenvalue weighted by molar-refractivity contribution is 0.990. The van der Waals surface area contributed by atoms with Crippen molar-refractivity contribution in [2.24, 2.45) is 16.5 Å². The molecule has 1 atom stereocenters. The maximum atomic E-state index is 5.29. The van der Waals surface area contributed by atoms with Gasteiger partial charge in [0.25, 0.3) is 0 Å². The van der Waals surface area contributed by atoms with Gasteiger partial charge >= 0.3 is 0 Å². The SMILES string of the molecule is C=C(N)/N=C\C(C)N. The summed E-state index contributed by atoms with van der Waals surface area (Å²) in [6, 6.07) is -0.0460. The Kier molecular flexibility index (Phi) is 2.88. The van der Waals surface area contributed by atoms with Crippen molar-refractivity contribution in [3.05, 3.63) is 12.4 Å². The fraction of sp³-hybridized carbons (Fsp3) is 0.400. The third kappa shape index (κ3) is 5.17. The molecule has 0 radical (unpaired) electrons. The molecular formula is C5H11N3. The molecule has 0 fully saturated rings. The molecular weight excluding hydrogens is 102 g/mol. The number of nitrogens with two attached hydrogens (primary N) is 2. The molecule has 0 aromatic rings. The summed E-state index contributed by atoms with van der Waals surface area (Å²) in [5.74, 6) is 0.294. The second-order valence-corrected chi connectivity index (χ2v) is 1.63. The van der Waals surface area contributed by atoms with E-state index in [0.717, 1.165) is 0 Å². The molecule has 0 amide bonds. The molecule has 3 nitrogen and oxygen atoms in total. The van der Waals surface area contributed by atoms with Gasteiger partial charge in [-0.2, -0.15) is 0 Å². The summed E-state index contributed by atoms with van der Waals surface area (Å²) in [6.45, 7) is 5.16. The minimum atomic E-state index is -0.0460. The lowest BCUT2D eigenvalue weighted by Gasteiger charge is -1.91. The molecule has 0 aliphatic rings. The molecule has 3 heteroatoms. The molecule has 0 aliphatic heterocycles. The molecule has 0 rings (SSSR count). The Labute approximate surface area is 49.1 Å². The van der Waals surface area contributed by atoms with Crippen molar-refractivity contribution >= 4 is 6.21 Å². The van der Waals surface area contributed by atoms with Crippen LogP contribution >= 0.6 is 0 Å². The highest BCUT2D eigenvalue weighted by molar-refractivity contribution is 5.64. The van der Waals surface area contributed by atoms with Crippen molar-refractivity contribution in [3.63, 3.8) is 0 Å². The van der Waals surface area contributed by atoms with Gasteiger partial charge in [-0.1, -0.05) is 6.58 Å². The summed E-state index contributed by atoms with van der Waals surface area (Å²) in [5.41, 5.74) is 10.4. The van der Waals surface area contributed by atoms with Gasteiger partial charge in [0.15, 0.2) is 0 Å². The maximum absolute atomic E-state index is 5.29. The van der Waals surface area contributed by atoms with Crippen LogP contribution in [0.4, 0.5) is 0 Å². The highest BCUT2D eigenvalue weighted by Crippen LogP contribution is 1.76. The maximum Gasteiger partial charge on any atom is 0.115 e. The third-order valence-corrected chi connectivity index (χ3v) is 0.475. The number of aliphatic imine (C=N–C) groups is 1. The van der Waals surface area contributed by atoms with Crippen LogP contribution < -0.4 is 11.5 Å². The number of hydrogen-bond acceptors (Lipinski definition) is 3. The van der Waals surface area contributed by atoms with E-state index in [4.69, 9.17) is 11.5 Å². The molecule has 0 aromatic carbocycles. The Morgan fingerprint density at radius 3 is 2.50 bits per heavy atom. The van der Waals surface area contributed by atoms with Crippen LogP contribution in [0.5, 0.6) is 0 Å². The Bertz CT molecular complexity index is 104. The normalized spacial score (nSPS) is 14.2. The Morgan fingerprint density at radius 1 is 1.88 bits per heavy atom. The van der Waals surface area contributed by atoms with E-state index >= 15 is 0 Å². The van der Waals surface area contributed by atoms with Crippen LogP contribution in [0.15, 0.2) is 17.4 Å². The minimum Gasteiger partial charge on any atom is -0.384 e. The molecule has 8 heavy (non-hydrogen) atoms. The summed E-state index contributed by atoms with van der Waals surface area (Å²) in [7, 11) is 0. The van der Waals surface area contributed by atoms with Crippen molar-refractivity contribution in [1.82, 2.24) is 0 Å². The van der Waals surface area contributed by atoms with E-state index in [9.17, 15) is 0 Å². The van der Waals surface area contributed by atoms with Crippen molar-refractivity contribution in [2.45, 2.75) is 13.0 Å². The van der Waals surface area contributed by atoms with E-state index < -0.39 is 0 Å². The lowest BCUT2D eigenvalue weighted by atomic mass is 10.4.